The third-order valence-corrected chi connectivity index (χ3v) is 6.53. The van der Waals surface area contributed by atoms with Gasteiger partial charge in [-0.3, -0.25) is 4.79 Å². The molecule has 2 heterocycles. The maximum Gasteiger partial charge on any atom is 0.195 e. The lowest BCUT2D eigenvalue weighted by molar-refractivity contribution is 0.105. The van der Waals surface area contributed by atoms with Crippen molar-refractivity contribution in [2.75, 3.05) is 0 Å². The van der Waals surface area contributed by atoms with Crippen molar-refractivity contribution in [3.8, 4) is 5.75 Å². The number of thiophene rings is 1. The Bertz CT molecular complexity index is 1010. The predicted octanol–water partition coefficient (Wildman–Crippen LogP) is 7.84. The fraction of sp³-hybridized carbons (Fsp3) is 0.190. The van der Waals surface area contributed by atoms with E-state index in [1.54, 1.807) is 36.4 Å². The summed E-state index contributed by atoms with van der Waals surface area (Å²) in [6.45, 7) is 2.34. The van der Waals surface area contributed by atoms with Gasteiger partial charge in [-0.05, 0) is 70.9 Å². The maximum atomic E-state index is 12.4. The van der Waals surface area contributed by atoms with E-state index < -0.39 is 0 Å². The normalized spacial score (nSPS) is 11.3. The van der Waals surface area contributed by atoms with E-state index in [-0.39, 0.29) is 12.4 Å². The number of benzene rings is 1. The Hall–Kier alpha value is -1.53. The van der Waals surface area contributed by atoms with Crippen LogP contribution in [0.1, 0.15) is 39.4 Å². The van der Waals surface area contributed by atoms with Gasteiger partial charge in [-0.15, -0.1) is 11.3 Å². The maximum absolute atomic E-state index is 12.4. The molecule has 0 saturated heterocycles. The molecule has 0 bridgehead atoms. The van der Waals surface area contributed by atoms with E-state index in [1.165, 1.54) is 22.3 Å². The van der Waals surface area contributed by atoms with Crippen molar-refractivity contribution in [2.45, 2.75) is 26.4 Å². The molecule has 0 fully saturated rings. The first-order valence-corrected chi connectivity index (χ1v) is 11.0. The molecule has 0 aliphatic rings. The predicted molar refractivity (Wildman–Crippen MR) is 119 cm³/mol. The van der Waals surface area contributed by atoms with Gasteiger partial charge in [-0.2, -0.15) is 0 Å². The van der Waals surface area contributed by atoms with Crippen LogP contribution in [0.3, 0.4) is 0 Å². The van der Waals surface area contributed by atoms with Crippen LogP contribution in [0.25, 0.3) is 6.08 Å². The van der Waals surface area contributed by atoms with Crippen molar-refractivity contribution < 1.29 is 13.9 Å². The molecular weight excluding hydrogens is 483 g/mol. The molecule has 146 valence electrons. The van der Waals surface area contributed by atoms with Crippen molar-refractivity contribution in [2.24, 2.45) is 0 Å². The van der Waals surface area contributed by atoms with Crippen LogP contribution in [0.5, 0.6) is 5.75 Å². The van der Waals surface area contributed by atoms with E-state index in [2.05, 4.69) is 22.9 Å². The van der Waals surface area contributed by atoms with Gasteiger partial charge < -0.3 is 9.15 Å². The zero-order valence-electron chi connectivity index (χ0n) is 15.0. The summed E-state index contributed by atoms with van der Waals surface area (Å²) >= 11 is 17.0. The van der Waals surface area contributed by atoms with E-state index in [0.717, 1.165) is 17.3 Å². The molecule has 0 radical (unpaired) electrons. The lowest BCUT2D eigenvalue weighted by atomic mass is 10.2. The van der Waals surface area contributed by atoms with E-state index in [0.29, 0.717) is 32.2 Å². The zero-order valence-corrected chi connectivity index (χ0v) is 18.9. The fourth-order valence-electron chi connectivity index (χ4n) is 2.47. The fourth-order valence-corrected chi connectivity index (χ4v) is 4.83. The van der Waals surface area contributed by atoms with Gasteiger partial charge in [-0.25, -0.2) is 0 Å². The molecule has 3 aromatic rings. The Morgan fingerprint density at radius 3 is 2.82 bits per heavy atom. The Labute approximate surface area is 186 Å². The Kier molecular flexibility index (Phi) is 7.41. The van der Waals surface area contributed by atoms with Crippen molar-refractivity contribution in [3.63, 3.8) is 0 Å². The summed E-state index contributed by atoms with van der Waals surface area (Å²) in [5, 5.41) is 0.987. The van der Waals surface area contributed by atoms with Crippen molar-refractivity contribution in [1.82, 2.24) is 0 Å². The highest BCUT2D eigenvalue weighted by atomic mass is 79.9. The summed E-state index contributed by atoms with van der Waals surface area (Å²) in [5.74, 6) is 1.69. The number of carbonyl (C=O) groups excluding carboxylic acids is 1. The molecule has 3 rings (SSSR count). The summed E-state index contributed by atoms with van der Waals surface area (Å²) < 4.78 is 12.3. The van der Waals surface area contributed by atoms with Crippen molar-refractivity contribution in [3.05, 3.63) is 78.3 Å². The SMILES string of the molecule is CCCc1sc(C(=O)/C=C/c2ccc(COc3ccc(Cl)cc3Cl)o2)cc1Br. The van der Waals surface area contributed by atoms with Crippen LogP contribution in [0.2, 0.25) is 10.0 Å². The van der Waals surface area contributed by atoms with Gasteiger partial charge in [0.2, 0.25) is 0 Å². The Balaban J connectivity index is 1.60. The Morgan fingerprint density at radius 2 is 2.07 bits per heavy atom. The first-order chi connectivity index (χ1) is 13.5. The minimum Gasteiger partial charge on any atom is -0.484 e. The molecule has 0 atom stereocenters. The average Bonchev–Trinajstić information content (AvgIpc) is 3.26. The number of hydrogen-bond donors (Lipinski definition) is 0. The topological polar surface area (TPSA) is 39.4 Å². The number of carbonyl (C=O) groups is 1. The summed E-state index contributed by atoms with van der Waals surface area (Å²) in [6, 6.07) is 10.5. The molecule has 0 aliphatic carbocycles. The minimum atomic E-state index is -0.0461. The quantitative estimate of drug-likeness (QED) is 0.234. The first kappa shape index (κ1) is 21.2. The first-order valence-electron chi connectivity index (χ1n) is 8.63. The molecule has 0 unspecified atom stereocenters. The van der Waals surface area contributed by atoms with Crippen molar-refractivity contribution >= 4 is 62.3 Å². The van der Waals surface area contributed by atoms with E-state index in [9.17, 15) is 4.79 Å². The molecule has 2 aromatic heterocycles. The van der Waals surface area contributed by atoms with Crippen LogP contribution in [0, 0.1) is 0 Å². The number of allylic oxidation sites excluding steroid dienone is 1. The van der Waals surface area contributed by atoms with E-state index >= 15 is 0 Å². The molecular formula is C21H17BrCl2O3S. The van der Waals surface area contributed by atoms with Crippen LogP contribution in [0.15, 0.2) is 51.4 Å². The summed E-state index contributed by atoms with van der Waals surface area (Å²) in [5.41, 5.74) is 0. The molecule has 28 heavy (non-hydrogen) atoms. The second-order valence-electron chi connectivity index (χ2n) is 6.00. The number of furan rings is 1. The number of rotatable bonds is 8. The second kappa shape index (κ2) is 9.79. The van der Waals surface area contributed by atoms with Gasteiger partial charge in [-0.1, -0.05) is 36.5 Å². The van der Waals surface area contributed by atoms with Crippen LogP contribution in [0.4, 0.5) is 0 Å². The van der Waals surface area contributed by atoms with Crippen LogP contribution in [-0.4, -0.2) is 5.78 Å². The number of aryl methyl sites for hydroxylation is 1. The molecule has 1 aromatic carbocycles. The number of hydrogen-bond acceptors (Lipinski definition) is 4. The summed E-state index contributed by atoms with van der Waals surface area (Å²) in [6.07, 6.45) is 5.18. The number of halogens is 3. The van der Waals surface area contributed by atoms with E-state index in [1.807, 2.05) is 6.07 Å². The molecule has 0 amide bonds. The third kappa shape index (κ3) is 5.51. The number of ether oxygens (including phenoxy) is 1. The van der Waals surface area contributed by atoms with E-state index in [4.69, 9.17) is 32.4 Å². The average molecular weight is 500 g/mol. The molecule has 0 saturated carbocycles. The van der Waals surface area contributed by atoms with Gasteiger partial charge in [0.1, 0.15) is 23.9 Å². The summed E-state index contributed by atoms with van der Waals surface area (Å²) in [4.78, 5) is 14.3. The van der Waals surface area contributed by atoms with Crippen LogP contribution < -0.4 is 4.74 Å². The highest BCUT2D eigenvalue weighted by Crippen LogP contribution is 2.30. The van der Waals surface area contributed by atoms with Gasteiger partial charge >= 0.3 is 0 Å². The minimum absolute atomic E-state index is 0.0461. The third-order valence-electron chi connectivity index (χ3n) is 3.82. The molecule has 0 N–H and O–H groups in total. The molecule has 7 heteroatoms. The van der Waals surface area contributed by atoms with Gasteiger partial charge in [0, 0.05) is 14.4 Å². The molecule has 0 spiro atoms. The zero-order chi connectivity index (χ0) is 20.1. The lowest BCUT2D eigenvalue weighted by Crippen LogP contribution is -1.94. The smallest absolute Gasteiger partial charge is 0.195 e. The number of ketones is 1. The van der Waals surface area contributed by atoms with Gasteiger partial charge in [0.25, 0.3) is 0 Å². The van der Waals surface area contributed by atoms with Crippen LogP contribution in [-0.2, 0) is 13.0 Å². The van der Waals surface area contributed by atoms with Crippen LogP contribution >= 0.6 is 50.5 Å². The molecule has 3 nitrogen and oxygen atoms in total. The standard InChI is InChI=1S/C21H17BrCl2O3S/c1-2-3-20-16(22)11-21(28-20)18(25)8-7-14-5-6-15(27-14)12-26-19-9-4-13(23)10-17(19)24/h4-11H,2-3,12H2,1H3/b8-7+. The van der Waals surface area contributed by atoms with Gasteiger partial charge in [0.15, 0.2) is 5.78 Å². The Morgan fingerprint density at radius 1 is 1.25 bits per heavy atom. The van der Waals surface area contributed by atoms with Crippen molar-refractivity contribution in [1.29, 1.82) is 0 Å². The monoisotopic (exact) mass is 498 g/mol. The molecule has 0 aliphatic heterocycles. The van der Waals surface area contributed by atoms with Gasteiger partial charge in [0.05, 0.1) is 9.90 Å². The highest BCUT2D eigenvalue weighted by Gasteiger charge is 2.11. The second-order valence-corrected chi connectivity index (χ2v) is 8.83. The summed E-state index contributed by atoms with van der Waals surface area (Å²) in [7, 11) is 0. The highest BCUT2D eigenvalue weighted by molar-refractivity contribution is 9.10. The largest absolute Gasteiger partial charge is 0.484 e. The lowest BCUT2D eigenvalue weighted by Gasteiger charge is -2.06.